The van der Waals surface area contributed by atoms with Gasteiger partial charge >= 0.3 is 0 Å². The lowest BCUT2D eigenvalue weighted by atomic mass is 9.70. The molecule has 1 aliphatic carbocycles. The lowest BCUT2D eigenvalue weighted by Gasteiger charge is -2.40. The van der Waals surface area contributed by atoms with Crippen molar-refractivity contribution in [2.75, 3.05) is 0 Å². The Bertz CT molecular complexity index is 376. The lowest BCUT2D eigenvalue weighted by Crippen LogP contribution is -2.44. The maximum atomic E-state index is 10.8. The molecular weight excluding hydrogens is 214 g/mol. The Kier molecular flexibility index (Phi) is 3.52. The summed E-state index contributed by atoms with van der Waals surface area (Å²) in [6.45, 7) is 7.24. The van der Waals surface area contributed by atoms with Crippen LogP contribution in [0.3, 0.4) is 0 Å². The monoisotopic (exact) mass is 237 g/mol. The van der Waals surface area contributed by atoms with Crippen LogP contribution in [0.25, 0.3) is 0 Å². The minimum atomic E-state index is -0.600. The molecule has 0 aromatic carbocycles. The second kappa shape index (κ2) is 4.77. The first-order chi connectivity index (χ1) is 8.05. The first-order valence-electron chi connectivity index (χ1n) is 6.64. The van der Waals surface area contributed by atoms with Gasteiger partial charge in [0.2, 0.25) is 0 Å². The summed E-state index contributed by atoms with van der Waals surface area (Å²) in [5, 5.41) is 15.0. The average Bonchev–Trinajstić information content (AvgIpc) is 2.71. The number of aromatic nitrogens is 3. The summed E-state index contributed by atoms with van der Waals surface area (Å²) in [5.74, 6) is 1.87. The minimum absolute atomic E-state index is 0.348. The molecular formula is C13H23N3O. The molecule has 4 heteroatoms. The SMILES string of the molecule is CCn1ncnc1CC1(O)CC(C)CCC1C. The van der Waals surface area contributed by atoms with Gasteiger partial charge in [-0.25, -0.2) is 4.98 Å². The van der Waals surface area contributed by atoms with Crippen LogP contribution in [0.4, 0.5) is 0 Å². The Labute approximate surface area is 103 Å². The lowest BCUT2D eigenvalue weighted by molar-refractivity contribution is -0.0580. The highest BCUT2D eigenvalue weighted by Crippen LogP contribution is 2.38. The van der Waals surface area contributed by atoms with Gasteiger partial charge in [-0.2, -0.15) is 5.10 Å². The average molecular weight is 237 g/mol. The molecule has 1 N–H and O–H groups in total. The van der Waals surface area contributed by atoms with Gasteiger partial charge in [-0.3, -0.25) is 4.68 Å². The van der Waals surface area contributed by atoms with Crippen LogP contribution in [-0.4, -0.2) is 25.5 Å². The molecule has 0 spiro atoms. The summed E-state index contributed by atoms with van der Waals surface area (Å²) in [6.07, 6.45) is 5.43. The van der Waals surface area contributed by atoms with Crippen molar-refractivity contribution >= 4 is 0 Å². The van der Waals surface area contributed by atoms with Gasteiger partial charge in [0, 0.05) is 13.0 Å². The number of hydrogen-bond acceptors (Lipinski definition) is 3. The highest BCUT2D eigenvalue weighted by Gasteiger charge is 2.39. The molecule has 1 aromatic heterocycles. The van der Waals surface area contributed by atoms with Gasteiger partial charge in [0.1, 0.15) is 12.2 Å². The molecule has 0 aliphatic heterocycles. The highest BCUT2D eigenvalue weighted by atomic mass is 16.3. The van der Waals surface area contributed by atoms with Crippen LogP contribution in [0.5, 0.6) is 0 Å². The fourth-order valence-corrected chi connectivity index (χ4v) is 2.92. The summed E-state index contributed by atoms with van der Waals surface area (Å²) in [4.78, 5) is 4.28. The van der Waals surface area contributed by atoms with E-state index in [1.54, 1.807) is 6.33 Å². The second-order valence-electron chi connectivity index (χ2n) is 5.56. The van der Waals surface area contributed by atoms with Crippen LogP contribution < -0.4 is 0 Å². The largest absolute Gasteiger partial charge is 0.389 e. The highest BCUT2D eigenvalue weighted by molar-refractivity contribution is 4.99. The maximum absolute atomic E-state index is 10.8. The van der Waals surface area contributed by atoms with Gasteiger partial charge < -0.3 is 5.11 Å². The summed E-state index contributed by atoms with van der Waals surface area (Å²) < 4.78 is 1.88. The van der Waals surface area contributed by atoms with E-state index in [4.69, 9.17) is 0 Å². The Morgan fingerprint density at radius 3 is 2.94 bits per heavy atom. The molecule has 3 atom stereocenters. The quantitative estimate of drug-likeness (QED) is 0.875. The van der Waals surface area contributed by atoms with Crippen molar-refractivity contribution in [3.05, 3.63) is 12.2 Å². The van der Waals surface area contributed by atoms with Crippen molar-refractivity contribution in [3.63, 3.8) is 0 Å². The first-order valence-corrected chi connectivity index (χ1v) is 6.64. The summed E-state index contributed by atoms with van der Waals surface area (Å²) >= 11 is 0. The molecule has 2 rings (SSSR count). The fourth-order valence-electron chi connectivity index (χ4n) is 2.92. The fraction of sp³-hybridized carbons (Fsp3) is 0.846. The van der Waals surface area contributed by atoms with Crippen LogP contribution in [0, 0.1) is 11.8 Å². The predicted molar refractivity (Wildman–Crippen MR) is 66.5 cm³/mol. The van der Waals surface area contributed by atoms with E-state index in [-0.39, 0.29) is 0 Å². The Morgan fingerprint density at radius 2 is 2.24 bits per heavy atom. The molecule has 0 amide bonds. The van der Waals surface area contributed by atoms with Crippen molar-refractivity contribution < 1.29 is 5.11 Å². The third-order valence-corrected chi connectivity index (χ3v) is 4.17. The van der Waals surface area contributed by atoms with Gasteiger partial charge in [-0.1, -0.05) is 20.3 Å². The number of aliphatic hydroxyl groups is 1. The van der Waals surface area contributed by atoms with Crippen molar-refractivity contribution in [1.29, 1.82) is 0 Å². The Hall–Kier alpha value is -0.900. The van der Waals surface area contributed by atoms with Gasteiger partial charge in [0.15, 0.2) is 0 Å². The van der Waals surface area contributed by atoms with Gasteiger partial charge in [0.05, 0.1) is 5.60 Å². The zero-order valence-corrected chi connectivity index (χ0v) is 11.1. The number of hydrogen-bond donors (Lipinski definition) is 1. The van der Waals surface area contributed by atoms with E-state index in [0.717, 1.165) is 25.2 Å². The van der Waals surface area contributed by atoms with Crippen LogP contribution >= 0.6 is 0 Å². The molecule has 1 saturated carbocycles. The Morgan fingerprint density at radius 1 is 1.47 bits per heavy atom. The number of rotatable bonds is 3. The molecule has 96 valence electrons. The van der Waals surface area contributed by atoms with E-state index in [1.165, 1.54) is 6.42 Å². The number of nitrogens with zero attached hydrogens (tertiary/aromatic N) is 3. The third-order valence-electron chi connectivity index (χ3n) is 4.17. The van der Waals surface area contributed by atoms with Crippen molar-refractivity contribution in [3.8, 4) is 0 Å². The molecule has 1 heterocycles. The molecule has 1 aromatic rings. The van der Waals surface area contributed by atoms with E-state index < -0.39 is 5.60 Å². The summed E-state index contributed by atoms with van der Waals surface area (Å²) in [5.41, 5.74) is -0.600. The van der Waals surface area contributed by atoms with E-state index in [1.807, 2.05) is 4.68 Å². The minimum Gasteiger partial charge on any atom is -0.389 e. The molecule has 4 nitrogen and oxygen atoms in total. The van der Waals surface area contributed by atoms with Gasteiger partial charge in [-0.05, 0) is 31.6 Å². The van der Waals surface area contributed by atoms with Crippen LogP contribution in [-0.2, 0) is 13.0 Å². The molecule has 0 radical (unpaired) electrons. The molecule has 17 heavy (non-hydrogen) atoms. The standard InChI is InChI=1S/C13H23N3O/c1-4-16-12(14-9-15-16)8-13(17)7-10(2)5-6-11(13)3/h9-11,17H,4-8H2,1-3H3. The van der Waals surface area contributed by atoms with Gasteiger partial charge in [0.25, 0.3) is 0 Å². The Balaban J connectivity index is 2.15. The van der Waals surface area contributed by atoms with Crippen molar-refractivity contribution in [2.45, 2.75) is 58.6 Å². The molecule has 1 fully saturated rings. The zero-order chi connectivity index (χ0) is 12.5. The van der Waals surface area contributed by atoms with Crippen molar-refractivity contribution in [1.82, 2.24) is 14.8 Å². The van der Waals surface area contributed by atoms with Crippen LogP contribution in [0.15, 0.2) is 6.33 Å². The number of aryl methyl sites for hydroxylation is 1. The maximum Gasteiger partial charge on any atom is 0.138 e. The third kappa shape index (κ3) is 2.51. The first kappa shape index (κ1) is 12.6. The smallest absolute Gasteiger partial charge is 0.138 e. The van der Waals surface area contributed by atoms with E-state index in [2.05, 4.69) is 30.9 Å². The van der Waals surface area contributed by atoms with Gasteiger partial charge in [-0.15, -0.1) is 0 Å². The molecule has 1 aliphatic rings. The van der Waals surface area contributed by atoms with Crippen LogP contribution in [0.1, 0.15) is 45.9 Å². The van der Waals surface area contributed by atoms with E-state index in [0.29, 0.717) is 18.3 Å². The second-order valence-corrected chi connectivity index (χ2v) is 5.56. The molecule has 0 bridgehead atoms. The normalized spacial score (nSPS) is 33.9. The van der Waals surface area contributed by atoms with Crippen molar-refractivity contribution in [2.24, 2.45) is 11.8 Å². The van der Waals surface area contributed by atoms with E-state index >= 15 is 0 Å². The summed E-state index contributed by atoms with van der Waals surface area (Å²) in [6, 6.07) is 0. The molecule has 0 saturated heterocycles. The topological polar surface area (TPSA) is 50.9 Å². The van der Waals surface area contributed by atoms with E-state index in [9.17, 15) is 5.11 Å². The van der Waals surface area contributed by atoms with Crippen LogP contribution in [0.2, 0.25) is 0 Å². The summed E-state index contributed by atoms with van der Waals surface area (Å²) in [7, 11) is 0. The zero-order valence-electron chi connectivity index (χ0n) is 11.1. The predicted octanol–water partition coefficient (Wildman–Crippen LogP) is 2.03. The molecule has 3 unspecified atom stereocenters.